The molecule has 2 aromatic rings. The van der Waals surface area contributed by atoms with E-state index < -0.39 is 0 Å². The van der Waals surface area contributed by atoms with Gasteiger partial charge in [0.05, 0.1) is 12.5 Å². The van der Waals surface area contributed by atoms with Crippen LogP contribution in [-0.4, -0.2) is 12.6 Å². The quantitative estimate of drug-likeness (QED) is 0.471. The number of rotatable bonds is 5. The van der Waals surface area contributed by atoms with E-state index in [2.05, 4.69) is 22.6 Å². The van der Waals surface area contributed by atoms with Gasteiger partial charge in [-0.05, 0) is 89.7 Å². The number of hydrogen-bond donors (Lipinski definition) is 0. The van der Waals surface area contributed by atoms with Crippen LogP contribution < -0.4 is 4.74 Å². The molecule has 2 aliphatic carbocycles. The molecule has 0 heterocycles. The van der Waals surface area contributed by atoms with E-state index in [-0.39, 0.29) is 24.3 Å². The molecule has 0 radical (unpaired) electrons. The number of esters is 1. The molecule has 1 fully saturated rings. The molecular weight excluding hydrogens is 446 g/mol. The standard InChI is InChI=1S/C21H20FIO3/c1-3-25-21(24)20-15-9-12-8-13(4-5-14(12)19(15)20)26-10-16-11(2)18(23)7-6-17(16)22/h4-8,15,19-20H,3,9-10H2,1-2H3/t15-,19+,20+/m1/s1. The first-order chi connectivity index (χ1) is 12.5. The summed E-state index contributed by atoms with van der Waals surface area (Å²) in [6, 6.07) is 9.26. The van der Waals surface area contributed by atoms with Crippen molar-refractivity contribution in [1.29, 1.82) is 0 Å². The molecule has 26 heavy (non-hydrogen) atoms. The third kappa shape index (κ3) is 3.00. The van der Waals surface area contributed by atoms with E-state index in [1.807, 2.05) is 32.0 Å². The van der Waals surface area contributed by atoms with Crippen LogP contribution in [0.3, 0.4) is 0 Å². The molecule has 3 atom stereocenters. The Hall–Kier alpha value is -1.63. The van der Waals surface area contributed by atoms with Gasteiger partial charge in [-0.15, -0.1) is 0 Å². The maximum absolute atomic E-state index is 14.1. The van der Waals surface area contributed by atoms with Crippen LogP contribution >= 0.6 is 22.6 Å². The molecule has 0 spiro atoms. The highest BCUT2D eigenvalue weighted by Gasteiger charge is 2.60. The van der Waals surface area contributed by atoms with E-state index in [4.69, 9.17) is 9.47 Å². The molecular formula is C21H20FIO3. The van der Waals surface area contributed by atoms with Crippen LogP contribution in [0.1, 0.15) is 35.1 Å². The van der Waals surface area contributed by atoms with E-state index >= 15 is 0 Å². The molecule has 0 bridgehead atoms. The monoisotopic (exact) mass is 466 g/mol. The Bertz CT molecular complexity index is 880. The minimum atomic E-state index is -0.234. The lowest BCUT2D eigenvalue weighted by atomic mass is 10.0. The molecule has 0 N–H and O–H groups in total. The summed E-state index contributed by atoms with van der Waals surface area (Å²) in [4.78, 5) is 12.0. The largest absolute Gasteiger partial charge is 0.489 e. The zero-order chi connectivity index (χ0) is 18.4. The third-order valence-corrected chi connectivity index (χ3v) is 6.68. The van der Waals surface area contributed by atoms with E-state index in [0.717, 1.165) is 21.3 Å². The number of benzene rings is 2. The normalized spacial score (nSPS) is 22.5. The van der Waals surface area contributed by atoms with Crippen molar-refractivity contribution in [2.45, 2.75) is 32.8 Å². The summed E-state index contributed by atoms with van der Waals surface area (Å²) in [5.74, 6) is 1.14. The molecule has 5 heteroatoms. The van der Waals surface area contributed by atoms with Crippen LogP contribution in [-0.2, 0) is 22.6 Å². The van der Waals surface area contributed by atoms with Gasteiger partial charge in [0.15, 0.2) is 0 Å². The highest BCUT2D eigenvalue weighted by atomic mass is 127. The van der Waals surface area contributed by atoms with Crippen molar-refractivity contribution in [3.8, 4) is 5.75 Å². The second kappa shape index (κ2) is 6.83. The van der Waals surface area contributed by atoms with E-state index in [1.165, 1.54) is 17.2 Å². The Morgan fingerprint density at radius 2 is 2.12 bits per heavy atom. The molecule has 0 amide bonds. The molecule has 0 unspecified atom stereocenters. The molecule has 0 aliphatic heterocycles. The Labute approximate surface area is 166 Å². The smallest absolute Gasteiger partial charge is 0.309 e. The third-order valence-electron chi connectivity index (χ3n) is 5.51. The van der Waals surface area contributed by atoms with Gasteiger partial charge in [0, 0.05) is 15.1 Å². The van der Waals surface area contributed by atoms with Gasteiger partial charge in [0.2, 0.25) is 0 Å². The van der Waals surface area contributed by atoms with Gasteiger partial charge in [-0.25, -0.2) is 4.39 Å². The SMILES string of the molecule is CCOC(=O)[C@H]1[C@@H]2Cc3cc(OCc4c(F)ccc(I)c4C)ccc3[C@@H]21. The van der Waals surface area contributed by atoms with Crippen molar-refractivity contribution in [2.75, 3.05) is 6.61 Å². The Kier molecular flexibility index (Phi) is 4.67. The van der Waals surface area contributed by atoms with Gasteiger partial charge in [-0.1, -0.05) is 6.07 Å². The topological polar surface area (TPSA) is 35.5 Å². The lowest BCUT2D eigenvalue weighted by Gasteiger charge is -2.13. The maximum atomic E-state index is 14.1. The summed E-state index contributed by atoms with van der Waals surface area (Å²) in [5, 5.41) is 0. The van der Waals surface area contributed by atoms with E-state index in [9.17, 15) is 9.18 Å². The van der Waals surface area contributed by atoms with Gasteiger partial charge in [0.25, 0.3) is 0 Å². The predicted molar refractivity (Wildman–Crippen MR) is 105 cm³/mol. The second-order valence-electron chi connectivity index (χ2n) is 6.95. The van der Waals surface area contributed by atoms with Crippen LogP contribution in [0.5, 0.6) is 5.75 Å². The fraction of sp³-hybridized carbons (Fsp3) is 0.381. The number of halogens is 2. The van der Waals surface area contributed by atoms with Crippen molar-refractivity contribution in [1.82, 2.24) is 0 Å². The zero-order valence-electron chi connectivity index (χ0n) is 14.7. The van der Waals surface area contributed by atoms with Crippen molar-refractivity contribution in [3.05, 3.63) is 62.0 Å². The average molecular weight is 466 g/mol. The zero-order valence-corrected chi connectivity index (χ0v) is 16.9. The fourth-order valence-corrected chi connectivity index (χ4v) is 4.57. The van der Waals surface area contributed by atoms with Crippen molar-refractivity contribution < 1.29 is 18.7 Å². The van der Waals surface area contributed by atoms with Gasteiger partial charge >= 0.3 is 5.97 Å². The minimum Gasteiger partial charge on any atom is -0.489 e. The Balaban J connectivity index is 1.46. The first kappa shape index (κ1) is 17.8. The molecule has 0 saturated heterocycles. The lowest BCUT2D eigenvalue weighted by molar-refractivity contribution is -0.145. The number of fused-ring (bicyclic) bond motifs is 3. The van der Waals surface area contributed by atoms with Gasteiger partial charge in [0.1, 0.15) is 18.2 Å². The average Bonchev–Trinajstić information content (AvgIpc) is 3.21. The molecule has 3 nitrogen and oxygen atoms in total. The van der Waals surface area contributed by atoms with Gasteiger partial charge in [-0.3, -0.25) is 4.79 Å². The van der Waals surface area contributed by atoms with Crippen LogP contribution in [0.15, 0.2) is 30.3 Å². The fourth-order valence-electron chi connectivity index (χ4n) is 4.07. The molecule has 0 aromatic heterocycles. The first-order valence-corrected chi connectivity index (χ1v) is 9.94. The molecule has 2 aromatic carbocycles. The molecule has 4 rings (SSSR count). The van der Waals surface area contributed by atoms with Crippen molar-refractivity contribution >= 4 is 28.6 Å². The minimum absolute atomic E-state index is 0.0253. The number of carbonyl (C=O) groups is 1. The summed E-state index contributed by atoms with van der Waals surface area (Å²) < 4.78 is 26.1. The van der Waals surface area contributed by atoms with Crippen LogP contribution in [0.25, 0.3) is 0 Å². The Morgan fingerprint density at radius 1 is 1.31 bits per heavy atom. The van der Waals surface area contributed by atoms with Gasteiger partial charge < -0.3 is 9.47 Å². The summed E-state index contributed by atoms with van der Waals surface area (Å²) >= 11 is 2.20. The summed E-state index contributed by atoms with van der Waals surface area (Å²) in [6.07, 6.45) is 0.886. The van der Waals surface area contributed by atoms with Crippen LogP contribution in [0.2, 0.25) is 0 Å². The Morgan fingerprint density at radius 3 is 2.88 bits per heavy atom. The predicted octanol–water partition coefficient (Wildman–Crippen LogP) is 4.77. The summed E-state index contributed by atoms with van der Waals surface area (Å²) in [5.41, 5.74) is 3.99. The molecule has 2 aliphatic rings. The van der Waals surface area contributed by atoms with Crippen molar-refractivity contribution in [3.63, 3.8) is 0 Å². The first-order valence-electron chi connectivity index (χ1n) is 8.87. The highest BCUT2D eigenvalue weighted by Crippen LogP contribution is 2.62. The molecule has 136 valence electrons. The number of hydrogen-bond acceptors (Lipinski definition) is 3. The van der Waals surface area contributed by atoms with Crippen LogP contribution in [0, 0.1) is 28.1 Å². The highest BCUT2D eigenvalue weighted by molar-refractivity contribution is 14.1. The maximum Gasteiger partial charge on any atom is 0.309 e. The van der Waals surface area contributed by atoms with E-state index in [1.54, 1.807) is 6.07 Å². The number of carbonyl (C=O) groups excluding carboxylic acids is 1. The lowest BCUT2D eigenvalue weighted by Crippen LogP contribution is -2.11. The number of ether oxygens (including phenoxy) is 2. The van der Waals surface area contributed by atoms with Gasteiger partial charge in [-0.2, -0.15) is 0 Å². The summed E-state index contributed by atoms with van der Waals surface area (Å²) in [6.45, 7) is 4.40. The van der Waals surface area contributed by atoms with Crippen LogP contribution in [0.4, 0.5) is 4.39 Å². The van der Waals surface area contributed by atoms with Crippen molar-refractivity contribution in [2.24, 2.45) is 11.8 Å². The summed E-state index contributed by atoms with van der Waals surface area (Å²) in [7, 11) is 0. The second-order valence-corrected chi connectivity index (χ2v) is 8.12. The van der Waals surface area contributed by atoms with E-state index in [0.29, 0.717) is 24.0 Å². The molecule has 1 saturated carbocycles.